The molecule has 4 rings (SSSR count). The Balaban J connectivity index is 1.93. The van der Waals surface area contributed by atoms with E-state index in [0.717, 1.165) is 28.1 Å². The van der Waals surface area contributed by atoms with Crippen LogP contribution in [-0.4, -0.2) is 9.78 Å². The fourth-order valence-electron chi connectivity index (χ4n) is 3.36. The van der Waals surface area contributed by atoms with Crippen molar-refractivity contribution in [3.63, 3.8) is 0 Å². The first-order valence-corrected chi connectivity index (χ1v) is 8.87. The van der Waals surface area contributed by atoms with E-state index in [9.17, 15) is 5.26 Å². The number of allylic oxidation sites excluding steroid dienone is 1. The maximum atomic E-state index is 9.70. The SMILES string of the molecule is Cc1ccc(-n2nc(C)c3c2OC(N)=C(C#N)[C@@H]3c2ccc(Cl)cc2)cc1. The number of fused-ring (bicyclic) bond motifs is 1. The lowest BCUT2D eigenvalue weighted by Gasteiger charge is -2.25. The average Bonchev–Trinajstić information content (AvgIpc) is 2.98. The van der Waals surface area contributed by atoms with Crippen LogP contribution in [0.4, 0.5) is 0 Å². The van der Waals surface area contributed by atoms with E-state index < -0.39 is 0 Å². The number of hydrogen-bond donors (Lipinski definition) is 1. The molecule has 27 heavy (non-hydrogen) atoms. The quantitative estimate of drug-likeness (QED) is 0.720. The lowest BCUT2D eigenvalue weighted by molar-refractivity contribution is 0.367. The highest BCUT2D eigenvalue weighted by Crippen LogP contribution is 2.44. The third-order valence-corrected chi connectivity index (χ3v) is 4.97. The summed E-state index contributed by atoms with van der Waals surface area (Å²) in [5.41, 5.74) is 11.0. The van der Waals surface area contributed by atoms with Gasteiger partial charge in [0.05, 0.1) is 22.9 Å². The summed E-state index contributed by atoms with van der Waals surface area (Å²) in [5.74, 6) is 0.279. The summed E-state index contributed by atoms with van der Waals surface area (Å²) in [5, 5.41) is 15.0. The first kappa shape index (κ1) is 17.2. The monoisotopic (exact) mass is 376 g/mol. The lowest BCUT2D eigenvalue weighted by Crippen LogP contribution is -2.22. The van der Waals surface area contributed by atoms with Crippen LogP contribution >= 0.6 is 11.6 Å². The van der Waals surface area contributed by atoms with Crippen LogP contribution in [0.3, 0.4) is 0 Å². The van der Waals surface area contributed by atoms with E-state index in [-0.39, 0.29) is 11.8 Å². The van der Waals surface area contributed by atoms with Crippen molar-refractivity contribution in [2.45, 2.75) is 19.8 Å². The number of benzene rings is 2. The van der Waals surface area contributed by atoms with Crippen molar-refractivity contribution in [3.05, 3.63) is 87.4 Å². The molecule has 0 aliphatic carbocycles. The van der Waals surface area contributed by atoms with Gasteiger partial charge in [-0.15, -0.1) is 0 Å². The zero-order valence-electron chi connectivity index (χ0n) is 14.9. The molecule has 0 saturated heterocycles. The molecular weight excluding hydrogens is 360 g/mol. The van der Waals surface area contributed by atoms with Gasteiger partial charge in [0.25, 0.3) is 0 Å². The lowest BCUT2D eigenvalue weighted by atomic mass is 9.84. The summed E-state index contributed by atoms with van der Waals surface area (Å²) in [4.78, 5) is 0. The second-order valence-electron chi connectivity index (χ2n) is 6.53. The summed E-state index contributed by atoms with van der Waals surface area (Å²) >= 11 is 6.04. The molecule has 1 aromatic heterocycles. The van der Waals surface area contributed by atoms with Gasteiger partial charge in [-0.1, -0.05) is 41.4 Å². The second kappa shape index (κ2) is 6.49. The van der Waals surface area contributed by atoms with Crippen molar-refractivity contribution >= 4 is 11.6 Å². The van der Waals surface area contributed by atoms with E-state index in [4.69, 9.17) is 22.1 Å². The van der Waals surface area contributed by atoms with Crippen molar-refractivity contribution in [1.82, 2.24) is 9.78 Å². The van der Waals surface area contributed by atoms with Gasteiger partial charge in [0.2, 0.25) is 11.8 Å². The van der Waals surface area contributed by atoms with Crippen LogP contribution in [0.5, 0.6) is 5.88 Å². The number of halogens is 1. The number of aromatic nitrogens is 2. The van der Waals surface area contributed by atoms with E-state index in [1.54, 1.807) is 16.8 Å². The summed E-state index contributed by atoms with van der Waals surface area (Å²) in [6.45, 7) is 3.94. The molecule has 0 amide bonds. The Morgan fingerprint density at radius 2 is 1.78 bits per heavy atom. The van der Waals surface area contributed by atoms with Crippen molar-refractivity contribution in [1.29, 1.82) is 5.26 Å². The highest BCUT2D eigenvalue weighted by atomic mass is 35.5. The minimum atomic E-state index is -0.352. The van der Waals surface area contributed by atoms with Crippen LogP contribution in [-0.2, 0) is 0 Å². The molecule has 3 aromatic rings. The van der Waals surface area contributed by atoms with Gasteiger partial charge >= 0.3 is 0 Å². The average molecular weight is 377 g/mol. The molecule has 2 aromatic carbocycles. The van der Waals surface area contributed by atoms with E-state index in [2.05, 4.69) is 11.2 Å². The van der Waals surface area contributed by atoms with E-state index in [1.165, 1.54) is 0 Å². The smallest absolute Gasteiger partial charge is 0.229 e. The van der Waals surface area contributed by atoms with Crippen LogP contribution in [0.1, 0.15) is 28.3 Å². The summed E-state index contributed by atoms with van der Waals surface area (Å²) in [6.07, 6.45) is 0. The van der Waals surface area contributed by atoms with Gasteiger partial charge < -0.3 is 10.5 Å². The zero-order chi connectivity index (χ0) is 19.1. The molecule has 2 N–H and O–H groups in total. The van der Waals surface area contributed by atoms with Crippen LogP contribution in [0.15, 0.2) is 60.0 Å². The maximum absolute atomic E-state index is 9.70. The largest absolute Gasteiger partial charge is 0.422 e. The fourth-order valence-corrected chi connectivity index (χ4v) is 3.49. The topological polar surface area (TPSA) is 76.9 Å². The maximum Gasteiger partial charge on any atom is 0.229 e. The van der Waals surface area contributed by atoms with E-state index in [0.29, 0.717) is 16.5 Å². The first-order valence-electron chi connectivity index (χ1n) is 8.49. The minimum Gasteiger partial charge on any atom is -0.422 e. The molecule has 5 nitrogen and oxygen atoms in total. The molecule has 1 aliphatic rings. The number of aryl methyl sites for hydroxylation is 2. The number of nitrogens with zero attached hydrogens (tertiary/aromatic N) is 3. The summed E-state index contributed by atoms with van der Waals surface area (Å²) < 4.78 is 7.59. The van der Waals surface area contributed by atoms with Crippen LogP contribution < -0.4 is 10.5 Å². The molecule has 0 unspecified atom stereocenters. The molecule has 0 bridgehead atoms. The highest BCUT2D eigenvalue weighted by molar-refractivity contribution is 6.30. The summed E-state index contributed by atoms with van der Waals surface area (Å²) in [7, 11) is 0. The molecule has 134 valence electrons. The van der Waals surface area contributed by atoms with Gasteiger partial charge in [0, 0.05) is 5.02 Å². The number of nitriles is 1. The Bertz CT molecular complexity index is 1090. The molecular formula is C21H17ClN4O. The second-order valence-corrected chi connectivity index (χ2v) is 6.96. The summed E-state index contributed by atoms with van der Waals surface area (Å²) in [6, 6.07) is 17.6. The third kappa shape index (κ3) is 2.84. The van der Waals surface area contributed by atoms with Crippen molar-refractivity contribution in [2.24, 2.45) is 5.73 Å². The molecule has 6 heteroatoms. The van der Waals surface area contributed by atoms with Crippen LogP contribution in [0.2, 0.25) is 5.02 Å². The van der Waals surface area contributed by atoms with Crippen molar-refractivity contribution in [3.8, 4) is 17.6 Å². The van der Waals surface area contributed by atoms with Gasteiger partial charge in [0.1, 0.15) is 11.6 Å². The molecule has 0 spiro atoms. The van der Waals surface area contributed by atoms with Crippen molar-refractivity contribution in [2.75, 3.05) is 0 Å². The molecule has 1 aliphatic heterocycles. The number of rotatable bonds is 2. The molecule has 0 radical (unpaired) electrons. The van der Waals surface area contributed by atoms with Gasteiger partial charge in [-0.2, -0.15) is 10.4 Å². The molecule has 2 heterocycles. The normalized spacial score (nSPS) is 15.9. The standard InChI is InChI=1S/C21H17ClN4O/c1-12-3-9-16(10-4-12)26-21-18(13(2)25-26)19(17(11-23)20(24)27-21)14-5-7-15(22)8-6-14/h3-10,19H,24H2,1-2H3/t19-/m0/s1. The Hall–Kier alpha value is -3.23. The minimum absolute atomic E-state index is 0.0956. The van der Waals surface area contributed by atoms with Crippen molar-refractivity contribution < 1.29 is 4.74 Å². The van der Waals surface area contributed by atoms with E-state index >= 15 is 0 Å². The Morgan fingerprint density at radius 3 is 2.41 bits per heavy atom. The first-order chi connectivity index (χ1) is 13.0. The molecule has 0 saturated carbocycles. The number of ether oxygens (including phenoxy) is 1. The fraction of sp³-hybridized carbons (Fsp3) is 0.143. The Morgan fingerprint density at radius 1 is 1.11 bits per heavy atom. The van der Waals surface area contributed by atoms with Gasteiger partial charge in [-0.25, -0.2) is 4.68 Å². The van der Waals surface area contributed by atoms with Gasteiger partial charge in [0.15, 0.2) is 0 Å². The Kier molecular flexibility index (Phi) is 4.14. The predicted octanol–water partition coefficient (Wildman–Crippen LogP) is 4.36. The highest BCUT2D eigenvalue weighted by Gasteiger charge is 2.36. The number of hydrogen-bond acceptors (Lipinski definition) is 4. The Labute approximate surface area is 162 Å². The third-order valence-electron chi connectivity index (χ3n) is 4.71. The number of nitrogens with two attached hydrogens (primary N) is 1. The van der Waals surface area contributed by atoms with Crippen LogP contribution in [0.25, 0.3) is 5.69 Å². The predicted molar refractivity (Wildman–Crippen MR) is 104 cm³/mol. The van der Waals surface area contributed by atoms with Gasteiger partial charge in [-0.3, -0.25) is 0 Å². The van der Waals surface area contributed by atoms with Gasteiger partial charge in [-0.05, 0) is 43.7 Å². The van der Waals surface area contributed by atoms with Crippen LogP contribution in [0, 0.1) is 25.2 Å². The van der Waals surface area contributed by atoms with E-state index in [1.807, 2.05) is 50.2 Å². The molecule has 0 fully saturated rings. The zero-order valence-corrected chi connectivity index (χ0v) is 15.7. The molecule has 1 atom stereocenters.